The third-order valence-electron chi connectivity index (χ3n) is 4.38. The molecule has 7 nitrogen and oxygen atoms in total. The van der Waals surface area contributed by atoms with Gasteiger partial charge in [0.05, 0.1) is 11.6 Å². The summed E-state index contributed by atoms with van der Waals surface area (Å²) in [4.78, 5) is 24.2. The van der Waals surface area contributed by atoms with Crippen molar-refractivity contribution in [1.82, 2.24) is 24.3 Å². The Kier molecular flexibility index (Phi) is 4.17. The van der Waals surface area contributed by atoms with Crippen LogP contribution in [0.2, 0.25) is 0 Å². The Bertz CT molecular complexity index is 740. The zero-order valence-electron chi connectivity index (χ0n) is 13.4. The quantitative estimate of drug-likeness (QED) is 0.921. The van der Waals surface area contributed by atoms with Crippen LogP contribution in [0.25, 0.3) is 0 Å². The number of nitrogens with one attached hydrogen (secondary N) is 1. The highest BCUT2D eigenvalue weighted by Gasteiger charge is 2.32. The number of nitriles is 1. The number of H-pyrrole nitrogens is 1. The number of carbonyl (C=O) groups is 1. The van der Waals surface area contributed by atoms with E-state index >= 15 is 0 Å². The van der Waals surface area contributed by atoms with Crippen LogP contribution in [-0.4, -0.2) is 56.4 Å². The molecule has 2 aromatic heterocycles. The second kappa shape index (κ2) is 6.26. The highest BCUT2D eigenvalue weighted by Crippen LogP contribution is 2.24. The standard InChI is InChI=1S/C16H20N6O/c1-3-21-6-7-22(11-14(21)15-18-4-5-20(15)2)16(23)13-8-12(9-17)10-19-13/h4-5,8,10,14,19H,3,6-7,11H2,1-2H3/t14-/m0/s1. The van der Waals surface area contributed by atoms with Crippen LogP contribution in [0.1, 0.15) is 34.8 Å². The highest BCUT2D eigenvalue weighted by molar-refractivity contribution is 5.93. The fourth-order valence-electron chi connectivity index (χ4n) is 3.08. The third-order valence-corrected chi connectivity index (χ3v) is 4.38. The van der Waals surface area contributed by atoms with Gasteiger partial charge in [-0.05, 0) is 12.6 Å². The van der Waals surface area contributed by atoms with Gasteiger partial charge in [-0.25, -0.2) is 4.98 Å². The van der Waals surface area contributed by atoms with Gasteiger partial charge in [-0.15, -0.1) is 0 Å². The molecule has 3 rings (SSSR count). The van der Waals surface area contributed by atoms with Gasteiger partial charge in [-0.1, -0.05) is 6.92 Å². The maximum absolute atomic E-state index is 12.7. The summed E-state index contributed by atoms with van der Waals surface area (Å²) in [5.74, 6) is 0.898. The van der Waals surface area contributed by atoms with Gasteiger partial charge in [0.25, 0.3) is 5.91 Å². The Morgan fingerprint density at radius 2 is 2.35 bits per heavy atom. The molecule has 1 saturated heterocycles. The first-order chi connectivity index (χ1) is 11.1. The minimum atomic E-state index is -0.0681. The summed E-state index contributed by atoms with van der Waals surface area (Å²) >= 11 is 0. The molecule has 0 unspecified atom stereocenters. The maximum atomic E-state index is 12.7. The van der Waals surface area contributed by atoms with Crippen molar-refractivity contribution in [2.45, 2.75) is 13.0 Å². The number of carbonyl (C=O) groups excluding carboxylic acids is 1. The minimum absolute atomic E-state index is 0.0681. The summed E-state index contributed by atoms with van der Waals surface area (Å²) in [5.41, 5.74) is 0.936. The van der Waals surface area contributed by atoms with Gasteiger partial charge in [0.1, 0.15) is 17.6 Å². The number of hydrogen-bond donors (Lipinski definition) is 1. The van der Waals surface area contributed by atoms with E-state index in [0.717, 1.165) is 18.9 Å². The Balaban J connectivity index is 1.81. The molecule has 23 heavy (non-hydrogen) atoms. The first-order valence-electron chi connectivity index (χ1n) is 7.73. The number of aromatic amines is 1. The van der Waals surface area contributed by atoms with Crippen molar-refractivity contribution in [2.75, 3.05) is 26.2 Å². The van der Waals surface area contributed by atoms with Crippen molar-refractivity contribution >= 4 is 5.91 Å². The zero-order valence-corrected chi connectivity index (χ0v) is 13.4. The van der Waals surface area contributed by atoms with Crippen molar-refractivity contribution in [1.29, 1.82) is 5.26 Å². The third kappa shape index (κ3) is 2.85. The molecular formula is C16H20N6O. The van der Waals surface area contributed by atoms with Crippen LogP contribution >= 0.6 is 0 Å². The largest absolute Gasteiger partial charge is 0.356 e. The molecule has 0 spiro atoms. The number of rotatable bonds is 3. The Hall–Kier alpha value is -2.59. The van der Waals surface area contributed by atoms with E-state index in [9.17, 15) is 4.79 Å². The molecule has 1 aliphatic heterocycles. The molecule has 0 aliphatic carbocycles. The number of imidazole rings is 1. The molecule has 0 bridgehead atoms. The van der Waals surface area contributed by atoms with Gasteiger partial charge in [-0.2, -0.15) is 5.26 Å². The molecule has 1 aliphatic rings. The molecule has 3 heterocycles. The lowest BCUT2D eigenvalue weighted by Crippen LogP contribution is -2.51. The van der Waals surface area contributed by atoms with E-state index in [4.69, 9.17) is 5.26 Å². The van der Waals surface area contributed by atoms with Crippen LogP contribution < -0.4 is 0 Å². The van der Waals surface area contributed by atoms with E-state index in [0.29, 0.717) is 24.3 Å². The van der Waals surface area contributed by atoms with Crippen LogP contribution in [-0.2, 0) is 7.05 Å². The molecule has 0 radical (unpaired) electrons. The van der Waals surface area contributed by atoms with Gasteiger partial charge in [0.2, 0.25) is 0 Å². The fraction of sp³-hybridized carbons (Fsp3) is 0.438. The van der Waals surface area contributed by atoms with Crippen LogP contribution in [0.4, 0.5) is 0 Å². The number of aryl methyl sites for hydroxylation is 1. The summed E-state index contributed by atoms with van der Waals surface area (Å²) in [6.07, 6.45) is 5.27. The van der Waals surface area contributed by atoms with Crippen molar-refractivity contribution in [3.05, 3.63) is 41.7 Å². The van der Waals surface area contributed by atoms with E-state index in [1.165, 1.54) is 0 Å². The smallest absolute Gasteiger partial charge is 0.270 e. The summed E-state index contributed by atoms with van der Waals surface area (Å²) in [6.45, 7) is 5.12. The Morgan fingerprint density at radius 3 is 2.96 bits per heavy atom. The highest BCUT2D eigenvalue weighted by atomic mass is 16.2. The van der Waals surface area contributed by atoms with Gasteiger partial charge >= 0.3 is 0 Å². The van der Waals surface area contributed by atoms with Crippen molar-refractivity contribution in [3.63, 3.8) is 0 Å². The van der Waals surface area contributed by atoms with Crippen molar-refractivity contribution in [2.24, 2.45) is 7.05 Å². The number of amides is 1. The Labute approximate surface area is 135 Å². The molecule has 120 valence electrons. The number of aromatic nitrogens is 3. The number of nitrogens with zero attached hydrogens (tertiary/aromatic N) is 5. The lowest BCUT2D eigenvalue weighted by Gasteiger charge is -2.40. The van der Waals surface area contributed by atoms with Gasteiger partial charge in [0.15, 0.2) is 0 Å². The maximum Gasteiger partial charge on any atom is 0.270 e. The summed E-state index contributed by atoms with van der Waals surface area (Å²) in [7, 11) is 1.97. The SMILES string of the molecule is CCN1CCN(C(=O)c2cc(C#N)c[nH]2)C[C@H]1c1nccn1C. The molecule has 1 atom stereocenters. The predicted octanol–water partition coefficient (Wildman–Crippen LogP) is 1.14. The molecule has 0 saturated carbocycles. The zero-order chi connectivity index (χ0) is 16.4. The van der Waals surface area contributed by atoms with E-state index in [1.54, 1.807) is 18.5 Å². The minimum Gasteiger partial charge on any atom is -0.356 e. The topological polar surface area (TPSA) is 81.0 Å². The normalized spacial score (nSPS) is 18.8. The summed E-state index contributed by atoms with van der Waals surface area (Å²) in [6, 6.07) is 3.72. The fourth-order valence-corrected chi connectivity index (χ4v) is 3.08. The van der Waals surface area contributed by atoms with Crippen LogP contribution in [0.3, 0.4) is 0 Å². The second-order valence-electron chi connectivity index (χ2n) is 5.71. The van der Waals surface area contributed by atoms with E-state index < -0.39 is 0 Å². The number of likely N-dealkylation sites (N-methyl/N-ethyl adjacent to an activating group) is 1. The molecule has 1 fully saturated rings. The second-order valence-corrected chi connectivity index (χ2v) is 5.71. The van der Waals surface area contributed by atoms with Gasteiger partial charge < -0.3 is 14.5 Å². The Morgan fingerprint density at radius 1 is 1.52 bits per heavy atom. The molecule has 1 N–H and O–H groups in total. The molecule has 1 amide bonds. The van der Waals surface area contributed by atoms with E-state index in [-0.39, 0.29) is 11.9 Å². The molecular weight excluding hydrogens is 292 g/mol. The average Bonchev–Trinajstić information content (AvgIpc) is 3.22. The summed E-state index contributed by atoms with van der Waals surface area (Å²) < 4.78 is 2.00. The van der Waals surface area contributed by atoms with Gasteiger partial charge in [0, 0.05) is 45.3 Å². The van der Waals surface area contributed by atoms with Crippen molar-refractivity contribution < 1.29 is 4.79 Å². The van der Waals surface area contributed by atoms with E-state index in [1.807, 2.05) is 28.8 Å². The van der Waals surface area contributed by atoms with Crippen molar-refractivity contribution in [3.8, 4) is 6.07 Å². The lowest BCUT2D eigenvalue weighted by molar-refractivity contribution is 0.0468. The summed E-state index contributed by atoms with van der Waals surface area (Å²) in [5, 5.41) is 8.89. The number of piperazine rings is 1. The average molecular weight is 312 g/mol. The number of hydrogen-bond acceptors (Lipinski definition) is 4. The van der Waals surface area contributed by atoms with Crippen LogP contribution in [0.5, 0.6) is 0 Å². The van der Waals surface area contributed by atoms with Crippen LogP contribution in [0, 0.1) is 11.3 Å². The van der Waals surface area contributed by atoms with Gasteiger partial charge in [-0.3, -0.25) is 9.69 Å². The monoisotopic (exact) mass is 312 g/mol. The first kappa shape index (κ1) is 15.3. The molecule has 0 aromatic carbocycles. The van der Waals surface area contributed by atoms with E-state index in [2.05, 4.69) is 21.8 Å². The first-order valence-corrected chi connectivity index (χ1v) is 7.73. The predicted molar refractivity (Wildman–Crippen MR) is 84.6 cm³/mol. The van der Waals surface area contributed by atoms with Crippen LogP contribution in [0.15, 0.2) is 24.7 Å². The molecule has 2 aromatic rings. The molecule has 7 heteroatoms. The lowest BCUT2D eigenvalue weighted by atomic mass is 10.1.